The normalized spacial score (nSPS) is 20.6. The molecule has 2 unspecified atom stereocenters. The standard InChI is InChI=1S/C14H17N3O3S.C2H6/c1-8(2)12-7-15-14-16(3)13(18)10-6-9(21(19)20)4-5-11(10)17(12)14;1-2/h4-6,8,12H,7H2,1-3H3,(H,19,20);1-2H3/p-1. The van der Waals surface area contributed by atoms with Crippen molar-refractivity contribution < 1.29 is 13.6 Å². The SMILES string of the molecule is CC.CC(C)C1CN=C2N(C)C(=O)c3cc(S(=O)[O-])ccc3N21. The van der Waals surface area contributed by atoms with Gasteiger partial charge >= 0.3 is 0 Å². The first kappa shape index (κ1) is 17.6. The fourth-order valence-corrected chi connectivity index (χ4v) is 3.21. The molecule has 0 saturated carbocycles. The Kier molecular flexibility index (Phi) is 5.21. The maximum atomic E-state index is 12.4. The molecule has 1 aromatic carbocycles. The second-order valence-electron chi connectivity index (χ2n) is 5.60. The number of fused-ring (bicyclic) bond motifs is 3. The highest BCUT2D eigenvalue weighted by atomic mass is 32.2. The van der Waals surface area contributed by atoms with Gasteiger partial charge in [-0.05, 0) is 35.2 Å². The van der Waals surface area contributed by atoms with Crippen molar-refractivity contribution in [3.63, 3.8) is 0 Å². The monoisotopic (exact) mass is 336 g/mol. The lowest BCUT2D eigenvalue weighted by atomic mass is 10.0. The summed E-state index contributed by atoms with van der Waals surface area (Å²) in [6.07, 6.45) is 0. The van der Waals surface area contributed by atoms with Gasteiger partial charge in [0.05, 0.1) is 23.8 Å². The zero-order valence-corrected chi connectivity index (χ0v) is 14.9. The molecule has 3 rings (SSSR count). The van der Waals surface area contributed by atoms with E-state index in [9.17, 15) is 13.6 Å². The van der Waals surface area contributed by atoms with Crippen LogP contribution < -0.4 is 4.90 Å². The van der Waals surface area contributed by atoms with E-state index in [-0.39, 0.29) is 16.8 Å². The summed E-state index contributed by atoms with van der Waals surface area (Å²) in [5, 5.41) is 0. The van der Waals surface area contributed by atoms with E-state index in [1.54, 1.807) is 13.1 Å². The third-order valence-electron chi connectivity index (χ3n) is 3.99. The Hall–Kier alpha value is -1.73. The summed E-state index contributed by atoms with van der Waals surface area (Å²) < 4.78 is 22.2. The molecule has 23 heavy (non-hydrogen) atoms. The van der Waals surface area contributed by atoms with Crippen LogP contribution in [0.25, 0.3) is 0 Å². The highest BCUT2D eigenvalue weighted by Gasteiger charge is 2.41. The third-order valence-corrected chi connectivity index (χ3v) is 4.63. The van der Waals surface area contributed by atoms with E-state index in [1.807, 2.05) is 18.7 Å². The Morgan fingerprint density at radius 3 is 2.57 bits per heavy atom. The summed E-state index contributed by atoms with van der Waals surface area (Å²) in [7, 11) is 1.67. The van der Waals surface area contributed by atoms with E-state index in [4.69, 9.17) is 0 Å². The minimum atomic E-state index is -2.35. The smallest absolute Gasteiger partial charge is 0.262 e. The predicted molar refractivity (Wildman–Crippen MR) is 90.5 cm³/mol. The van der Waals surface area contributed by atoms with E-state index in [2.05, 4.69) is 18.8 Å². The van der Waals surface area contributed by atoms with Crippen LogP contribution in [-0.2, 0) is 11.1 Å². The topological polar surface area (TPSA) is 76.0 Å². The lowest BCUT2D eigenvalue weighted by molar-refractivity contribution is 0.0864. The molecule has 1 amide bonds. The number of benzene rings is 1. The maximum absolute atomic E-state index is 12.4. The van der Waals surface area contributed by atoms with Crippen molar-refractivity contribution >= 4 is 28.6 Å². The first-order valence-electron chi connectivity index (χ1n) is 7.77. The second kappa shape index (κ2) is 6.80. The number of carbonyl (C=O) groups excluding carboxylic acids is 1. The van der Waals surface area contributed by atoms with Gasteiger partial charge in [-0.25, -0.2) is 0 Å². The van der Waals surface area contributed by atoms with Gasteiger partial charge in [0, 0.05) is 11.9 Å². The average molecular weight is 336 g/mol. The van der Waals surface area contributed by atoms with Gasteiger partial charge in [0.2, 0.25) is 5.96 Å². The lowest BCUT2D eigenvalue weighted by Gasteiger charge is -2.38. The van der Waals surface area contributed by atoms with Gasteiger partial charge in [0.25, 0.3) is 5.91 Å². The zero-order chi connectivity index (χ0) is 17.3. The van der Waals surface area contributed by atoms with Crippen LogP contribution in [0.2, 0.25) is 0 Å². The van der Waals surface area contributed by atoms with Crippen LogP contribution in [0.4, 0.5) is 5.69 Å². The molecule has 1 aromatic rings. The largest absolute Gasteiger partial charge is 0.768 e. The van der Waals surface area contributed by atoms with E-state index in [1.165, 1.54) is 17.0 Å². The van der Waals surface area contributed by atoms with Crippen molar-refractivity contribution in [2.75, 3.05) is 18.5 Å². The van der Waals surface area contributed by atoms with Crippen molar-refractivity contribution in [1.82, 2.24) is 4.90 Å². The molecule has 0 fully saturated rings. The summed E-state index contributed by atoms with van der Waals surface area (Å²) in [6.45, 7) is 8.86. The third kappa shape index (κ3) is 2.90. The van der Waals surface area contributed by atoms with Gasteiger partial charge in [0.15, 0.2) is 0 Å². The molecule has 2 atom stereocenters. The highest BCUT2D eigenvalue weighted by molar-refractivity contribution is 7.79. The predicted octanol–water partition coefficient (Wildman–Crippen LogP) is 2.24. The molecule has 0 N–H and O–H groups in total. The lowest BCUT2D eigenvalue weighted by Crippen LogP contribution is -2.52. The summed E-state index contributed by atoms with van der Waals surface area (Å²) in [4.78, 5) is 20.6. The number of guanidine groups is 1. The van der Waals surface area contributed by atoms with Gasteiger partial charge in [-0.1, -0.05) is 27.7 Å². The highest BCUT2D eigenvalue weighted by Crippen LogP contribution is 2.35. The minimum absolute atomic E-state index is 0.121. The number of rotatable bonds is 2. The molecule has 0 spiro atoms. The average Bonchev–Trinajstić information content (AvgIpc) is 2.99. The van der Waals surface area contributed by atoms with Gasteiger partial charge in [-0.2, -0.15) is 0 Å². The Balaban J connectivity index is 0.000000924. The molecule has 126 valence electrons. The van der Waals surface area contributed by atoms with E-state index in [0.717, 1.165) is 5.69 Å². The summed E-state index contributed by atoms with van der Waals surface area (Å²) in [5.74, 6) is 0.785. The number of amides is 1. The molecule has 6 nitrogen and oxygen atoms in total. The number of hydrogen-bond donors (Lipinski definition) is 0. The number of hydrogen-bond acceptors (Lipinski definition) is 5. The van der Waals surface area contributed by atoms with E-state index < -0.39 is 11.1 Å². The Bertz CT molecular complexity index is 673. The molecule has 7 heteroatoms. The molecular weight excluding hydrogens is 314 g/mol. The fourth-order valence-electron chi connectivity index (χ4n) is 2.82. The summed E-state index contributed by atoms with van der Waals surface area (Å²) in [5.41, 5.74) is 1.15. The van der Waals surface area contributed by atoms with Crippen molar-refractivity contribution in [3.05, 3.63) is 23.8 Å². The molecule has 2 aliphatic rings. The number of nitrogens with zero attached hydrogens (tertiary/aromatic N) is 3. The van der Waals surface area contributed by atoms with Crippen LogP contribution in [0.1, 0.15) is 38.1 Å². The summed E-state index contributed by atoms with van der Waals surface area (Å²) in [6, 6.07) is 4.83. The molecule has 2 heterocycles. The number of carbonyl (C=O) groups is 1. The Labute approximate surface area is 139 Å². The molecule has 0 aliphatic carbocycles. The van der Waals surface area contributed by atoms with Crippen molar-refractivity contribution in [2.24, 2.45) is 10.9 Å². The maximum Gasteiger partial charge on any atom is 0.262 e. The van der Waals surface area contributed by atoms with Crippen molar-refractivity contribution in [3.8, 4) is 0 Å². The first-order valence-corrected chi connectivity index (χ1v) is 8.84. The Morgan fingerprint density at radius 2 is 2.00 bits per heavy atom. The second-order valence-corrected chi connectivity index (χ2v) is 6.54. The van der Waals surface area contributed by atoms with Crippen LogP contribution in [0, 0.1) is 5.92 Å². The molecule has 0 aromatic heterocycles. The number of aliphatic imine (C=N–C) groups is 1. The quantitative estimate of drug-likeness (QED) is 0.776. The number of anilines is 1. The van der Waals surface area contributed by atoms with Crippen LogP contribution in [0.5, 0.6) is 0 Å². The van der Waals surface area contributed by atoms with Crippen LogP contribution in [-0.4, -0.2) is 45.2 Å². The van der Waals surface area contributed by atoms with Crippen LogP contribution >= 0.6 is 0 Å². The summed E-state index contributed by atoms with van der Waals surface area (Å²) >= 11 is -2.35. The van der Waals surface area contributed by atoms with Gasteiger partial charge in [-0.15, -0.1) is 0 Å². The van der Waals surface area contributed by atoms with Gasteiger partial charge < -0.3 is 9.45 Å². The van der Waals surface area contributed by atoms with E-state index in [0.29, 0.717) is 24.0 Å². The first-order chi connectivity index (χ1) is 10.9. The van der Waals surface area contributed by atoms with Crippen LogP contribution in [0.15, 0.2) is 28.1 Å². The zero-order valence-electron chi connectivity index (χ0n) is 14.1. The van der Waals surface area contributed by atoms with Crippen molar-refractivity contribution in [2.45, 2.75) is 38.6 Å². The Morgan fingerprint density at radius 1 is 1.35 bits per heavy atom. The van der Waals surface area contributed by atoms with Crippen molar-refractivity contribution in [1.29, 1.82) is 0 Å². The molecule has 0 bridgehead atoms. The molecular formula is C16H22N3O3S-. The van der Waals surface area contributed by atoms with Gasteiger partial charge in [0.1, 0.15) is 0 Å². The minimum Gasteiger partial charge on any atom is -0.768 e. The molecule has 2 aliphatic heterocycles. The van der Waals surface area contributed by atoms with E-state index >= 15 is 0 Å². The molecule has 0 saturated heterocycles. The molecule has 0 radical (unpaired) electrons. The van der Waals surface area contributed by atoms with Gasteiger partial charge in [-0.3, -0.25) is 18.9 Å². The fraction of sp³-hybridized carbons (Fsp3) is 0.500. The van der Waals surface area contributed by atoms with Crippen LogP contribution in [0.3, 0.4) is 0 Å².